The first-order valence-electron chi connectivity index (χ1n) is 8.45. The number of anilines is 1. The number of ether oxygens (including phenoxy) is 1. The molecule has 0 bridgehead atoms. The number of aromatic amines is 1. The summed E-state index contributed by atoms with van der Waals surface area (Å²) in [4.78, 5) is 26.2. The molecule has 0 aliphatic carbocycles. The molecule has 2 unspecified atom stereocenters. The molecule has 0 amide bonds. The standard InChI is InChI=1S/C19H20N4O2/c1-12-9-23(10-13(2)25-12)19-15(11-24)7-14(8-20-19)18-21-16-5-3-4-6-17(16)22-18/h3-8,11-13H,9-10H2,1-2H3,(H,21,22). The fraction of sp³-hybridized carbons (Fsp3) is 0.316. The molecule has 2 atom stereocenters. The highest BCUT2D eigenvalue weighted by Crippen LogP contribution is 2.26. The number of rotatable bonds is 3. The number of carbonyl (C=O) groups excluding carboxylic acids is 1. The van der Waals surface area contributed by atoms with Crippen LogP contribution in [0.3, 0.4) is 0 Å². The van der Waals surface area contributed by atoms with Crippen molar-refractivity contribution < 1.29 is 9.53 Å². The number of nitrogens with one attached hydrogen (secondary N) is 1. The van der Waals surface area contributed by atoms with E-state index in [-0.39, 0.29) is 12.2 Å². The molecule has 128 valence electrons. The molecule has 1 aromatic carbocycles. The molecule has 1 aliphatic rings. The van der Waals surface area contributed by atoms with Gasteiger partial charge in [0.2, 0.25) is 0 Å². The van der Waals surface area contributed by atoms with E-state index in [1.54, 1.807) is 6.20 Å². The van der Waals surface area contributed by atoms with Crippen LogP contribution in [0.1, 0.15) is 24.2 Å². The summed E-state index contributed by atoms with van der Waals surface area (Å²) in [5.41, 5.74) is 3.23. The predicted octanol–water partition coefficient (Wildman–Crippen LogP) is 3.05. The van der Waals surface area contributed by atoms with E-state index in [1.165, 1.54) is 0 Å². The first-order chi connectivity index (χ1) is 12.1. The fourth-order valence-corrected chi connectivity index (χ4v) is 3.40. The van der Waals surface area contributed by atoms with Gasteiger partial charge in [0, 0.05) is 24.8 Å². The number of carbonyl (C=O) groups is 1. The number of imidazole rings is 1. The number of hydrogen-bond donors (Lipinski definition) is 1. The third kappa shape index (κ3) is 3.00. The van der Waals surface area contributed by atoms with Gasteiger partial charge in [-0.05, 0) is 32.0 Å². The zero-order valence-electron chi connectivity index (χ0n) is 14.3. The largest absolute Gasteiger partial charge is 0.372 e. The van der Waals surface area contributed by atoms with Gasteiger partial charge < -0.3 is 14.6 Å². The van der Waals surface area contributed by atoms with E-state index in [0.717, 1.165) is 36.0 Å². The molecular formula is C19H20N4O2. The molecule has 3 aromatic rings. The van der Waals surface area contributed by atoms with Crippen LogP contribution in [0.2, 0.25) is 0 Å². The van der Waals surface area contributed by atoms with E-state index in [2.05, 4.69) is 19.9 Å². The summed E-state index contributed by atoms with van der Waals surface area (Å²) < 4.78 is 5.77. The Kier molecular flexibility index (Phi) is 3.97. The van der Waals surface area contributed by atoms with Crippen LogP contribution in [0.25, 0.3) is 22.4 Å². The number of fused-ring (bicyclic) bond motifs is 1. The molecule has 6 heteroatoms. The quantitative estimate of drug-likeness (QED) is 0.744. The van der Waals surface area contributed by atoms with Gasteiger partial charge in [0.1, 0.15) is 11.6 Å². The van der Waals surface area contributed by atoms with Gasteiger partial charge in [-0.3, -0.25) is 4.79 Å². The van der Waals surface area contributed by atoms with E-state index in [9.17, 15) is 4.79 Å². The summed E-state index contributed by atoms with van der Waals surface area (Å²) in [5.74, 6) is 1.42. The third-order valence-corrected chi connectivity index (χ3v) is 4.40. The smallest absolute Gasteiger partial charge is 0.153 e. The first kappa shape index (κ1) is 15.8. The van der Waals surface area contributed by atoms with Crippen molar-refractivity contribution in [2.24, 2.45) is 0 Å². The first-order valence-corrected chi connectivity index (χ1v) is 8.45. The molecule has 1 saturated heterocycles. The Labute approximate surface area is 145 Å². The zero-order chi connectivity index (χ0) is 17.4. The number of aldehydes is 1. The lowest BCUT2D eigenvalue weighted by molar-refractivity contribution is -0.00549. The summed E-state index contributed by atoms with van der Waals surface area (Å²) in [6.45, 7) is 5.52. The molecule has 2 aromatic heterocycles. The van der Waals surface area contributed by atoms with Crippen LogP contribution >= 0.6 is 0 Å². The highest BCUT2D eigenvalue weighted by molar-refractivity contribution is 5.86. The van der Waals surface area contributed by atoms with Crippen LogP contribution in [0.4, 0.5) is 5.82 Å². The van der Waals surface area contributed by atoms with Gasteiger partial charge in [0.25, 0.3) is 0 Å². The molecule has 0 spiro atoms. The van der Waals surface area contributed by atoms with E-state index >= 15 is 0 Å². The fourth-order valence-electron chi connectivity index (χ4n) is 3.40. The Bertz CT molecular complexity index is 878. The number of pyridine rings is 1. The van der Waals surface area contributed by atoms with E-state index in [0.29, 0.717) is 17.2 Å². The van der Waals surface area contributed by atoms with Gasteiger partial charge in [0.15, 0.2) is 6.29 Å². The SMILES string of the molecule is CC1CN(c2ncc(-c3nc4ccccc4[nH]3)cc2C=O)CC(C)O1. The third-order valence-electron chi connectivity index (χ3n) is 4.40. The van der Waals surface area contributed by atoms with Crippen molar-refractivity contribution in [1.29, 1.82) is 0 Å². The van der Waals surface area contributed by atoms with Crippen molar-refractivity contribution >= 4 is 23.1 Å². The Morgan fingerprint density at radius 2 is 2.00 bits per heavy atom. The van der Waals surface area contributed by atoms with Gasteiger partial charge in [-0.1, -0.05) is 12.1 Å². The summed E-state index contributed by atoms with van der Waals surface area (Å²) in [5, 5.41) is 0. The van der Waals surface area contributed by atoms with Crippen molar-refractivity contribution in [2.75, 3.05) is 18.0 Å². The van der Waals surface area contributed by atoms with Crippen molar-refractivity contribution in [1.82, 2.24) is 15.0 Å². The van der Waals surface area contributed by atoms with Crippen LogP contribution in [0.15, 0.2) is 36.5 Å². The maximum absolute atomic E-state index is 11.7. The number of para-hydroxylation sites is 2. The number of hydrogen-bond acceptors (Lipinski definition) is 5. The highest BCUT2D eigenvalue weighted by atomic mass is 16.5. The lowest BCUT2D eigenvalue weighted by Crippen LogP contribution is -2.46. The van der Waals surface area contributed by atoms with Gasteiger partial charge in [-0.15, -0.1) is 0 Å². The number of morpholine rings is 1. The molecule has 6 nitrogen and oxygen atoms in total. The maximum Gasteiger partial charge on any atom is 0.153 e. The molecular weight excluding hydrogens is 316 g/mol. The molecule has 1 aliphatic heterocycles. The van der Waals surface area contributed by atoms with Crippen LogP contribution in [-0.4, -0.2) is 46.5 Å². The van der Waals surface area contributed by atoms with Crippen LogP contribution in [0.5, 0.6) is 0 Å². The normalized spacial score (nSPS) is 20.8. The Balaban J connectivity index is 1.71. The van der Waals surface area contributed by atoms with Crippen LogP contribution < -0.4 is 4.90 Å². The lowest BCUT2D eigenvalue weighted by Gasteiger charge is -2.36. The van der Waals surface area contributed by atoms with Crippen molar-refractivity contribution in [2.45, 2.75) is 26.1 Å². The number of benzene rings is 1. The molecule has 25 heavy (non-hydrogen) atoms. The number of nitrogens with zero attached hydrogens (tertiary/aromatic N) is 3. The molecule has 1 fully saturated rings. The average Bonchev–Trinajstić information content (AvgIpc) is 3.04. The van der Waals surface area contributed by atoms with Crippen LogP contribution in [-0.2, 0) is 4.74 Å². The topological polar surface area (TPSA) is 71.1 Å². The molecule has 1 N–H and O–H groups in total. The van der Waals surface area contributed by atoms with Crippen molar-refractivity contribution in [3.63, 3.8) is 0 Å². The Morgan fingerprint density at radius 3 is 2.72 bits per heavy atom. The second kappa shape index (κ2) is 6.29. The number of aromatic nitrogens is 3. The maximum atomic E-state index is 11.7. The van der Waals surface area contributed by atoms with Gasteiger partial charge >= 0.3 is 0 Å². The molecule has 3 heterocycles. The summed E-state index contributed by atoms with van der Waals surface area (Å²) >= 11 is 0. The Morgan fingerprint density at radius 1 is 1.24 bits per heavy atom. The second-order valence-corrected chi connectivity index (χ2v) is 6.52. The molecule has 0 radical (unpaired) electrons. The second-order valence-electron chi connectivity index (χ2n) is 6.52. The van der Waals surface area contributed by atoms with E-state index in [4.69, 9.17) is 4.74 Å². The minimum atomic E-state index is 0.111. The summed E-state index contributed by atoms with van der Waals surface area (Å²) in [6, 6.07) is 9.69. The minimum Gasteiger partial charge on any atom is -0.372 e. The van der Waals surface area contributed by atoms with Gasteiger partial charge in [0.05, 0.1) is 28.8 Å². The highest BCUT2D eigenvalue weighted by Gasteiger charge is 2.25. The zero-order valence-corrected chi connectivity index (χ0v) is 14.3. The van der Waals surface area contributed by atoms with Crippen molar-refractivity contribution in [3.8, 4) is 11.4 Å². The molecule has 4 rings (SSSR count). The lowest BCUT2D eigenvalue weighted by atomic mass is 10.1. The predicted molar refractivity (Wildman–Crippen MR) is 96.9 cm³/mol. The Hall–Kier alpha value is -2.73. The van der Waals surface area contributed by atoms with Gasteiger partial charge in [-0.25, -0.2) is 9.97 Å². The van der Waals surface area contributed by atoms with Crippen molar-refractivity contribution in [3.05, 3.63) is 42.1 Å². The van der Waals surface area contributed by atoms with E-state index in [1.807, 2.05) is 44.2 Å². The van der Waals surface area contributed by atoms with Gasteiger partial charge in [-0.2, -0.15) is 0 Å². The van der Waals surface area contributed by atoms with Crippen LogP contribution in [0, 0.1) is 0 Å². The minimum absolute atomic E-state index is 0.111. The van der Waals surface area contributed by atoms with E-state index < -0.39 is 0 Å². The number of H-pyrrole nitrogens is 1. The molecule has 0 saturated carbocycles. The summed E-state index contributed by atoms with van der Waals surface area (Å²) in [6.07, 6.45) is 2.85. The summed E-state index contributed by atoms with van der Waals surface area (Å²) in [7, 11) is 0. The monoisotopic (exact) mass is 336 g/mol. The average molecular weight is 336 g/mol.